The third-order valence-electron chi connectivity index (χ3n) is 2.50. The maximum Gasteiger partial charge on any atom is 0.227 e. The van der Waals surface area contributed by atoms with Crippen molar-refractivity contribution in [3.8, 4) is 0 Å². The van der Waals surface area contributed by atoms with Gasteiger partial charge in [-0.3, -0.25) is 4.79 Å². The molecule has 1 fully saturated rings. The van der Waals surface area contributed by atoms with Crippen LogP contribution in [-0.2, 0) is 9.53 Å². The highest BCUT2D eigenvalue weighted by Gasteiger charge is 2.40. The average Bonchev–Trinajstić information content (AvgIpc) is 2.07. The average molecular weight is 177 g/mol. The number of carbonyl (C=O) groups excluding carboxylic acids is 1. The van der Waals surface area contributed by atoms with Crippen molar-refractivity contribution in [2.45, 2.75) is 33.0 Å². The van der Waals surface area contributed by atoms with Crippen LogP contribution in [0.15, 0.2) is 0 Å². The largest absolute Gasteiger partial charge is 0.374 e. The summed E-state index contributed by atoms with van der Waals surface area (Å²) in [4.78, 5) is 10.9. The van der Waals surface area contributed by atoms with Crippen molar-refractivity contribution in [1.29, 1.82) is 0 Å². The fourth-order valence-corrected chi connectivity index (χ4v) is 2.03. The summed E-state index contributed by atoms with van der Waals surface area (Å²) in [6.07, 6.45) is 0.127. The Morgan fingerprint density at radius 1 is 1.27 bits per heavy atom. The quantitative estimate of drug-likeness (QED) is 0.570. The lowest BCUT2D eigenvalue weighted by Crippen LogP contribution is -2.22. The second-order valence-corrected chi connectivity index (χ2v) is 3.61. The van der Waals surface area contributed by atoms with Crippen molar-refractivity contribution in [2.75, 3.05) is 0 Å². The van der Waals surface area contributed by atoms with E-state index >= 15 is 0 Å². The van der Waals surface area contributed by atoms with E-state index in [-0.39, 0.29) is 29.3 Å². The molecule has 0 aliphatic carbocycles. The van der Waals surface area contributed by atoms with Crippen molar-refractivity contribution in [3.63, 3.8) is 0 Å². The van der Waals surface area contributed by atoms with Crippen LogP contribution in [0.3, 0.4) is 0 Å². The molecule has 1 heterocycles. The molecule has 1 saturated heterocycles. The number of halogens is 1. The van der Waals surface area contributed by atoms with Crippen LogP contribution in [0.1, 0.15) is 20.8 Å². The van der Waals surface area contributed by atoms with Crippen LogP contribution in [0.25, 0.3) is 0 Å². The lowest BCUT2D eigenvalue weighted by atomic mass is 9.91. The van der Waals surface area contributed by atoms with Gasteiger partial charge in [-0.15, -0.1) is 0 Å². The highest BCUT2D eigenvalue weighted by atomic mass is 35.5. The molecular formula is C8H13ClO2. The van der Waals surface area contributed by atoms with Crippen molar-refractivity contribution >= 4 is 16.8 Å². The summed E-state index contributed by atoms with van der Waals surface area (Å²) in [5.41, 5.74) is 0. The molecule has 1 aliphatic heterocycles. The van der Waals surface area contributed by atoms with Crippen LogP contribution in [0.2, 0.25) is 0 Å². The first-order valence-electron chi connectivity index (χ1n) is 3.89. The van der Waals surface area contributed by atoms with Gasteiger partial charge in [-0.2, -0.15) is 0 Å². The van der Waals surface area contributed by atoms with E-state index in [0.29, 0.717) is 0 Å². The standard InChI is InChI=1S/C8H13ClO2/c1-4-5(2)11-6(3)7(4)8(9)10/h4-7H,1-3H3. The molecule has 4 atom stereocenters. The van der Waals surface area contributed by atoms with Gasteiger partial charge >= 0.3 is 0 Å². The molecular weight excluding hydrogens is 164 g/mol. The molecule has 3 heteroatoms. The van der Waals surface area contributed by atoms with E-state index in [2.05, 4.69) is 0 Å². The number of rotatable bonds is 1. The summed E-state index contributed by atoms with van der Waals surface area (Å²) >= 11 is 5.42. The molecule has 0 aromatic carbocycles. The van der Waals surface area contributed by atoms with Crippen LogP contribution < -0.4 is 0 Å². The molecule has 0 spiro atoms. The molecule has 0 saturated carbocycles. The SMILES string of the molecule is CC1OC(C)C(C(=O)Cl)C1C. The van der Waals surface area contributed by atoms with Gasteiger partial charge in [0, 0.05) is 0 Å². The Bertz CT molecular complexity index is 169. The van der Waals surface area contributed by atoms with Crippen LogP contribution in [0.4, 0.5) is 0 Å². The van der Waals surface area contributed by atoms with E-state index in [0.717, 1.165) is 0 Å². The Kier molecular flexibility index (Phi) is 2.55. The maximum atomic E-state index is 10.9. The van der Waals surface area contributed by atoms with Crippen molar-refractivity contribution in [2.24, 2.45) is 11.8 Å². The van der Waals surface area contributed by atoms with E-state index < -0.39 is 0 Å². The third kappa shape index (κ3) is 1.57. The number of ether oxygens (including phenoxy) is 1. The molecule has 0 amide bonds. The third-order valence-corrected chi connectivity index (χ3v) is 2.76. The molecule has 0 aromatic heterocycles. The minimum Gasteiger partial charge on any atom is -0.374 e. The monoisotopic (exact) mass is 176 g/mol. The summed E-state index contributed by atoms with van der Waals surface area (Å²) < 4.78 is 5.44. The van der Waals surface area contributed by atoms with Crippen molar-refractivity contribution < 1.29 is 9.53 Å². The predicted molar refractivity (Wildman–Crippen MR) is 43.5 cm³/mol. The zero-order valence-electron chi connectivity index (χ0n) is 7.00. The van der Waals surface area contributed by atoms with Crippen LogP contribution >= 0.6 is 11.6 Å². The van der Waals surface area contributed by atoms with E-state index in [4.69, 9.17) is 16.3 Å². The predicted octanol–water partition coefficient (Wildman–Crippen LogP) is 1.81. The molecule has 1 aliphatic rings. The first-order chi connectivity index (χ1) is 5.04. The van der Waals surface area contributed by atoms with Gasteiger partial charge in [0.1, 0.15) is 0 Å². The van der Waals surface area contributed by atoms with Gasteiger partial charge in [-0.25, -0.2) is 0 Å². The van der Waals surface area contributed by atoms with E-state index in [1.165, 1.54) is 0 Å². The highest BCUT2D eigenvalue weighted by molar-refractivity contribution is 6.64. The molecule has 0 radical (unpaired) electrons. The lowest BCUT2D eigenvalue weighted by Gasteiger charge is -2.12. The van der Waals surface area contributed by atoms with Crippen molar-refractivity contribution in [3.05, 3.63) is 0 Å². The Labute approximate surface area is 71.9 Å². The molecule has 0 bridgehead atoms. The molecule has 2 nitrogen and oxygen atoms in total. The van der Waals surface area contributed by atoms with Crippen molar-refractivity contribution in [1.82, 2.24) is 0 Å². The normalized spacial score (nSPS) is 44.4. The van der Waals surface area contributed by atoms with Crippen LogP contribution in [-0.4, -0.2) is 17.5 Å². The molecule has 1 rings (SSSR count). The van der Waals surface area contributed by atoms with E-state index in [1.54, 1.807) is 0 Å². The molecule has 0 N–H and O–H groups in total. The molecule has 4 unspecified atom stereocenters. The summed E-state index contributed by atoms with van der Waals surface area (Å²) in [7, 11) is 0. The van der Waals surface area contributed by atoms with Gasteiger partial charge < -0.3 is 4.74 Å². The number of hydrogen-bond acceptors (Lipinski definition) is 2. The first-order valence-corrected chi connectivity index (χ1v) is 4.26. The fourth-order valence-electron chi connectivity index (χ4n) is 1.66. The molecule has 0 aromatic rings. The van der Waals surface area contributed by atoms with Gasteiger partial charge in [0.25, 0.3) is 0 Å². The second-order valence-electron chi connectivity index (χ2n) is 3.24. The molecule has 64 valence electrons. The maximum absolute atomic E-state index is 10.9. The van der Waals surface area contributed by atoms with Gasteiger partial charge in [-0.1, -0.05) is 6.92 Å². The number of hydrogen-bond donors (Lipinski definition) is 0. The Morgan fingerprint density at radius 3 is 2.00 bits per heavy atom. The topological polar surface area (TPSA) is 26.3 Å². The fraction of sp³-hybridized carbons (Fsp3) is 0.875. The number of carbonyl (C=O) groups is 1. The van der Waals surface area contributed by atoms with Crippen LogP contribution in [0.5, 0.6) is 0 Å². The summed E-state index contributed by atoms with van der Waals surface area (Å²) in [5.74, 6) is 0.127. The zero-order valence-corrected chi connectivity index (χ0v) is 7.76. The molecule has 11 heavy (non-hydrogen) atoms. The van der Waals surface area contributed by atoms with Gasteiger partial charge in [0.2, 0.25) is 5.24 Å². The van der Waals surface area contributed by atoms with Gasteiger partial charge in [0.05, 0.1) is 18.1 Å². The van der Waals surface area contributed by atoms with Crippen LogP contribution in [0, 0.1) is 11.8 Å². The first kappa shape index (κ1) is 9.01. The minimum atomic E-state index is -0.269. The smallest absolute Gasteiger partial charge is 0.227 e. The highest BCUT2D eigenvalue weighted by Crippen LogP contribution is 2.33. The van der Waals surface area contributed by atoms with E-state index in [1.807, 2.05) is 20.8 Å². The second kappa shape index (κ2) is 3.11. The summed E-state index contributed by atoms with van der Waals surface area (Å²) in [5, 5.41) is -0.269. The Morgan fingerprint density at radius 2 is 1.82 bits per heavy atom. The Hall–Kier alpha value is -0.0800. The minimum absolute atomic E-state index is 0.0231. The van der Waals surface area contributed by atoms with E-state index in [9.17, 15) is 4.79 Å². The van der Waals surface area contributed by atoms with Gasteiger partial charge in [-0.05, 0) is 31.4 Å². The zero-order chi connectivity index (χ0) is 8.59. The summed E-state index contributed by atoms with van der Waals surface area (Å²) in [6.45, 7) is 5.87. The lowest BCUT2D eigenvalue weighted by molar-refractivity contribution is -0.117. The van der Waals surface area contributed by atoms with Gasteiger partial charge in [0.15, 0.2) is 0 Å². The Balaban J connectivity index is 2.71. The summed E-state index contributed by atoms with van der Waals surface area (Å²) in [6, 6.07) is 0.